The largest absolute Gasteiger partial charge is 0.457 e. The molecule has 1 fully saturated rings. The Morgan fingerprint density at radius 2 is 2.03 bits per heavy atom. The van der Waals surface area contributed by atoms with Crippen molar-refractivity contribution in [1.29, 1.82) is 0 Å². The average Bonchev–Trinajstić information content (AvgIpc) is 3.46. The molecule has 0 bridgehead atoms. The molecule has 1 aromatic rings. The monoisotopic (exact) mass is 561 g/mol. The number of aliphatic hydroxyl groups excluding tert-OH is 2. The smallest absolute Gasteiger partial charge is 0.410 e. The van der Waals surface area contributed by atoms with Crippen LogP contribution in [0.15, 0.2) is 51.7 Å². The molecule has 10 nitrogen and oxygen atoms in total. The Kier molecular flexibility index (Phi) is 8.76. The molecule has 0 spiro atoms. The van der Waals surface area contributed by atoms with E-state index in [9.17, 15) is 24.6 Å². The first-order chi connectivity index (χ1) is 18.2. The van der Waals surface area contributed by atoms with Gasteiger partial charge in [0, 0.05) is 22.7 Å². The molecule has 2 N–H and O–H groups in total. The quantitative estimate of drug-likeness (QED) is 0.252. The third-order valence-electron chi connectivity index (χ3n) is 6.84. The van der Waals surface area contributed by atoms with Crippen LogP contribution in [-0.4, -0.2) is 87.5 Å². The van der Waals surface area contributed by atoms with Crippen LogP contribution in [0.2, 0.25) is 0 Å². The van der Waals surface area contributed by atoms with E-state index in [4.69, 9.17) is 14.5 Å². The number of rotatable bonds is 10. The molecule has 38 heavy (non-hydrogen) atoms. The van der Waals surface area contributed by atoms with Crippen molar-refractivity contribution in [2.24, 2.45) is 11.8 Å². The lowest BCUT2D eigenvalue weighted by molar-refractivity contribution is -0.164. The number of carbonyl (C=O) groups is 3. The number of β-lactam (4-membered cyclic amide) rings is 1. The molecule has 2 amide bonds. The zero-order chi connectivity index (χ0) is 27.6. The van der Waals surface area contributed by atoms with Crippen molar-refractivity contribution in [2.75, 3.05) is 26.4 Å². The summed E-state index contributed by atoms with van der Waals surface area (Å²) in [5, 5.41) is 21.9. The number of ether oxygens (including phenoxy) is 2. The third-order valence-corrected chi connectivity index (χ3v) is 9.07. The van der Waals surface area contributed by atoms with Crippen molar-refractivity contribution in [3.8, 4) is 0 Å². The zero-order valence-electron chi connectivity index (χ0n) is 21.2. The van der Waals surface area contributed by atoms with Crippen molar-refractivity contribution in [1.82, 2.24) is 14.8 Å². The van der Waals surface area contributed by atoms with Gasteiger partial charge >= 0.3 is 12.1 Å². The number of hydrogen-bond donors (Lipinski definition) is 2. The minimum Gasteiger partial charge on any atom is -0.457 e. The van der Waals surface area contributed by atoms with Crippen LogP contribution in [0.5, 0.6) is 0 Å². The lowest BCUT2D eigenvalue weighted by atomic mass is 9.79. The fourth-order valence-electron chi connectivity index (χ4n) is 5.01. The molecular weight excluding hydrogens is 530 g/mol. The molecule has 0 radical (unpaired) electrons. The molecule has 1 saturated heterocycles. The first-order valence-corrected chi connectivity index (χ1v) is 13.9. The number of thioether (sulfide) groups is 1. The molecular formula is C26H31N3O7S2. The Bertz CT molecular complexity index is 1190. The minimum atomic E-state index is -0.834. The van der Waals surface area contributed by atoms with E-state index in [-0.39, 0.29) is 49.9 Å². The van der Waals surface area contributed by atoms with Gasteiger partial charge in [0.2, 0.25) is 5.91 Å². The first kappa shape index (κ1) is 28.1. The van der Waals surface area contributed by atoms with Crippen LogP contribution in [0.25, 0.3) is 5.57 Å². The number of nitrogens with zero attached hydrogens (tertiary/aromatic N) is 3. The molecule has 4 rings (SSSR count). The van der Waals surface area contributed by atoms with Crippen molar-refractivity contribution in [2.45, 2.75) is 42.8 Å². The lowest BCUT2D eigenvalue weighted by Gasteiger charge is -2.46. The van der Waals surface area contributed by atoms with Gasteiger partial charge in [-0.3, -0.25) is 9.69 Å². The highest BCUT2D eigenvalue weighted by Gasteiger charge is 2.60. The molecule has 5 atom stereocenters. The molecule has 0 aromatic carbocycles. The maximum atomic E-state index is 12.9. The summed E-state index contributed by atoms with van der Waals surface area (Å²) in [6.07, 6.45) is 3.90. The molecule has 204 valence electrons. The fourth-order valence-corrected chi connectivity index (χ4v) is 7.12. The topological polar surface area (TPSA) is 130 Å². The number of hydrogen-bond acceptors (Lipinski definition) is 10. The van der Waals surface area contributed by atoms with E-state index in [1.165, 1.54) is 45.1 Å². The summed E-state index contributed by atoms with van der Waals surface area (Å²) in [5.74, 6) is -1.68. The van der Waals surface area contributed by atoms with Crippen LogP contribution in [0.1, 0.15) is 26.0 Å². The van der Waals surface area contributed by atoms with E-state index in [2.05, 4.69) is 13.2 Å². The Balaban J connectivity index is 1.55. The molecule has 0 unspecified atom stereocenters. The van der Waals surface area contributed by atoms with Crippen LogP contribution in [-0.2, 0) is 19.1 Å². The van der Waals surface area contributed by atoms with Gasteiger partial charge in [-0.05, 0) is 18.9 Å². The van der Waals surface area contributed by atoms with Gasteiger partial charge in [-0.2, -0.15) is 0 Å². The SMILES string of the molecule is C=CCOC(=O)C1=C(Sc2nc(C3=CCN(C(=O)OCC=C)[C@H](CO)C3)cs2)[C@H](C)[C@@H]2[C@@H]([C@@H](C)O)C(=O)N12. The molecule has 1 aromatic heterocycles. The zero-order valence-corrected chi connectivity index (χ0v) is 22.9. The molecule has 12 heteroatoms. The van der Waals surface area contributed by atoms with Gasteiger partial charge in [0.25, 0.3) is 0 Å². The van der Waals surface area contributed by atoms with E-state index in [1.54, 1.807) is 6.92 Å². The highest BCUT2D eigenvalue weighted by molar-refractivity contribution is 8.04. The van der Waals surface area contributed by atoms with Crippen LogP contribution in [0, 0.1) is 11.8 Å². The second-order valence-corrected chi connectivity index (χ2v) is 11.4. The van der Waals surface area contributed by atoms with Crippen molar-refractivity contribution >= 4 is 46.6 Å². The first-order valence-electron chi connectivity index (χ1n) is 12.2. The van der Waals surface area contributed by atoms with E-state index >= 15 is 0 Å². The number of esters is 1. The molecule has 3 aliphatic heterocycles. The number of fused-ring (bicyclic) bond motifs is 1. The maximum Gasteiger partial charge on any atom is 0.410 e. The maximum absolute atomic E-state index is 12.9. The Morgan fingerprint density at radius 3 is 2.68 bits per heavy atom. The van der Waals surface area contributed by atoms with Crippen LogP contribution in [0.3, 0.4) is 0 Å². The highest BCUT2D eigenvalue weighted by Crippen LogP contribution is 2.52. The van der Waals surface area contributed by atoms with Crippen molar-refractivity contribution in [3.63, 3.8) is 0 Å². The van der Waals surface area contributed by atoms with Gasteiger partial charge in [-0.25, -0.2) is 14.6 Å². The van der Waals surface area contributed by atoms with E-state index < -0.39 is 30.1 Å². The van der Waals surface area contributed by atoms with Gasteiger partial charge in [0.1, 0.15) is 18.9 Å². The summed E-state index contributed by atoms with van der Waals surface area (Å²) in [6.45, 7) is 10.8. The second-order valence-electron chi connectivity index (χ2n) is 9.24. The van der Waals surface area contributed by atoms with Gasteiger partial charge in [-0.15, -0.1) is 11.3 Å². The molecule has 4 heterocycles. The van der Waals surface area contributed by atoms with Gasteiger partial charge in [0.15, 0.2) is 4.34 Å². The second kappa shape index (κ2) is 11.9. The van der Waals surface area contributed by atoms with E-state index in [1.807, 2.05) is 18.4 Å². The predicted molar refractivity (Wildman–Crippen MR) is 143 cm³/mol. The van der Waals surface area contributed by atoms with E-state index in [0.717, 1.165) is 11.3 Å². The van der Waals surface area contributed by atoms with Crippen molar-refractivity contribution in [3.05, 3.63) is 53.1 Å². The van der Waals surface area contributed by atoms with Crippen LogP contribution < -0.4 is 0 Å². The number of amides is 2. The summed E-state index contributed by atoms with van der Waals surface area (Å²) in [6, 6.07) is -0.769. The summed E-state index contributed by atoms with van der Waals surface area (Å²) in [5.41, 5.74) is 1.81. The summed E-state index contributed by atoms with van der Waals surface area (Å²) >= 11 is 2.71. The Labute approximate surface area is 229 Å². The summed E-state index contributed by atoms with van der Waals surface area (Å²) in [7, 11) is 0. The Morgan fingerprint density at radius 1 is 1.32 bits per heavy atom. The third kappa shape index (κ3) is 5.18. The van der Waals surface area contributed by atoms with Gasteiger partial charge < -0.3 is 24.6 Å². The summed E-state index contributed by atoms with van der Waals surface area (Å²) in [4.78, 5) is 46.4. The van der Waals surface area contributed by atoms with Gasteiger partial charge in [-0.1, -0.05) is 50.1 Å². The van der Waals surface area contributed by atoms with Crippen molar-refractivity contribution < 1.29 is 34.1 Å². The summed E-state index contributed by atoms with van der Waals surface area (Å²) < 4.78 is 11.1. The number of aromatic nitrogens is 1. The number of thiazole rings is 1. The fraction of sp³-hybridized carbons (Fsp3) is 0.462. The number of aliphatic hydroxyl groups is 2. The Hall–Kier alpha value is -2.93. The molecule has 0 saturated carbocycles. The van der Waals surface area contributed by atoms with E-state index in [0.29, 0.717) is 15.7 Å². The van der Waals surface area contributed by atoms with Crippen LogP contribution >= 0.6 is 23.1 Å². The lowest BCUT2D eigenvalue weighted by Crippen LogP contribution is -2.63. The normalized spacial score (nSPS) is 25.4. The average molecular weight is 562 g/mol. The molecule has 0 aliphatic carbocycles. The van der Waals surface area contributed by atoms with Crippen LogP contribution in [0.4, 0.5) is 4.79 Å². The standard InChI is InChI=1S/C26H31N3O7S2/c1-5-9-35-24(33)21-22(14(3)20-19(15(4)31)23(32)29(20)21)38-25-27-18(13-37-25)16-7-8-28(17(11-16)12-30)26(34)36-10-6-2/h5-7,13-15,17,19-20,30-31H,1-2,8-12H2,3-4H3/t14-,15-,17+,19-,20-/m1/s1. The number of carbonyl (C=O) groups excluding carboxylic acids is 3. The predicted octanol–water partition coefficient (Wildman–Crippen LogP) is 2.81. The van der Waals surface area contributed by atoms with Gasteiger partial charge in [0.05, 0.1) is 36.4 Å². The highest BCUT2D eigenvalue weighted by atomic mass is 32.2. The minimum absolute atomic E-state index is 0.0148. The molecule has 3 aliphatic rings.